The molecule has 5 nitrogen and oxygen atoms in total. The number of amides is 1. The van der Waals surface area contributed by atoms with E-state index in [0.29, 0.717) is 0 Å². The highest BCUT2D eigenvalue weighted by Crippen LogP contribution is 2.23. The molecule has 168 valence electrons. The third-order valence-corrected chi connectivity index (χ3v) is 7.23. The summed E-state index contributed by atoms with van der Waals surface area (Å²) in [6.45, 7) is 7.65. The zero-order valence-electron chi connectivity index (χ0n) is 19.1. The summed E-state index contributed by atoms with van der Waals surface area (Å²) in [5.74, 6) is -0.364. The van der Waals surface area contributed by atoms with Crippen LogP contribution in [0.2, 0.25) is 0 Å². The molecule has 0 fully saturated rings. The molecule has 0 radical (unpaired) electrons. The van der Waals surface area contributed by atoms with E-state index in [1.807, 2.05) is 70.2 Å². The number of hydrogen-bond acceptors (Lipinski definition) is 3. The van der Waals surface area contributed by atoms with Crippen molar-refractivity contribution in [3.8, 4) is 0 Å². The number of nitrogens with one attached hydrogen (secondary N) is 1. The highest BCUT2D eigenvalue weighted by Gasteiger charge is 2.27. The SMILES string of the molecule is CCc1cccc(C)c1NC(=O)CN(Cc1cccc(C)c1)S(=O)(=O)c1ccc(C)cc1. The lowest BCUT2D eigenvalue weighted by molar-refractivity contribution is -0.116. The lowest BCUT2D eigenvalue weighted by Crippen LogP contribution is -2.37. The second-order valence-electron chi connectivity index (χ2n) is 8.09. The van der Waals surface area contributed by atoms with Crippen molar-refractivity contribution in [2.75, 3.05) is 11.9 Å². The van der Waals surface area contributed by atoms with E-state index >= 15 is 0 Å². The molecule has 3 aromatic carbocycles. The zero-order chi connectivity index (χ0) is 23.3. The minimum absolute atomic E-state index is 0.111. The van der Waals surface area contributed by atoms with Crippen molar-refractivity contribution in [3.05, 3.63) is 94.5 Å². The summed E-state index contributed by atoms with van der Waals surface area (Å²) in [4.78, 5) is 13.2. The zero-order valence-corrected chi connectivity index (χ0v) is 19.9. The third-order valence-electron chi connectivity index (χ3n) is 5.42. The Morgan fingerprint density at radius 2 is 1.59 bits per heavy atom. The molecule has 0 saturated heterocycles. The quantitative estimate of drug-likeness (QED) is 0.525. The number of carbonyl (C=O) groups excluding carboxylic acids is 1. The van der Waals surface area contributed by atoms with E-state index < -0.39 is 10.0 Å². The van der Waals surface area contributed by atoms with E-state index in [1.54, 1.807) is 24.3 Å². The molecule has 0 aliphatic rings. The van der Waals surface area contributed by atoms with Crippen molar-refractivity contribution >= 4 is 21.6 Å². The second-order valence-corrected chi connectivity index (χ2v) is 10.0. The average molecular weight is 451 g/mol. The molecule has 6 heteroatoms. The summed E-state index contributed by atoms with van der Waals surface area (Å²) in [6.07, 6.45) is 0.770. The van der Waals surface area contributed by atoms with E-state index in [-0.39, 0.29) is 23.9 Å². The van der Waals surface area contributed by atoms with Crippen LogP contribution in [0.5, 0.6) is 0 Å². The van der Waals surface area contributed by atoms with Crippen molar-refractivity contribution in [2.24, 2.45) is 0 Å². The molecule has 1 amide bonds. The molecule has 0 aliphatic carbocycles. The molecule has 0 heterocycles. The number of hydrogen-bond donors (Lipinski definition) is 1. The number of aryl methyl sites for hydroxylation is 4. The Bertz CT molecular complexity index is 1200. The van der Waals surface area contributed by atoms with Crippen molar-refractivity contribution in [1.29, 1.82) is 0 Å². The molecule has 0 atom stereocenters. The van der Waals surface area contributed by atoms with Crippen LogP contribution in [0.4, 0.5) is 5.69 Å². The van der Waals surface area contributed by atoms with Gasteiger partial charge in [0.05, 0.1) is 11.4 Å². The number of anilines is 1. The minimum Gasteiger partial charge on any atom is -0.324 e. The Balaban J connectivity index is 1.92. The van der Waals surface area contributed by atoms with E-state index in [1.165, 1.54) is 4.31 Å². The maximum Gasteiger partial charge on any atom is 0.243 e. The molecule has 0 unspecified atom stereocenters. The van der Waals surface area contributed by atoms with Crippen LogP contribution in [0, 0.1) is 20.8 Å². The summed E-state index contributed by atoms with van der Waals surface area (Å²) in [6, 6.07) is 20.2. The van der Waals surface area contributed by atoms with Gasteiger partial charge in [0.15, 0.2) is 0 Å². The lowest BCUT2D eigenvalue weighted by Gasteiger charge is -2.23. The van der Waals surface area contributed by atoms with Gasteiger partial charge < -0.3 is 5.32 Å². The van der Waals surface area contributed by atoms with Gasteiger partial charge in [-0.25, -0.2) is 8.42 Å². The standard InChI is InChI=1S/C26H30N2O3S/c1-5-23-11-7-9-21(4)26(23)27-25(29)18-28(17-22-10-6-8-20(3)16-22)32(30,31)24-14-12-19(2)13-15-24/h6-16H,5,17-18H2,1-4H3,(H,27,29). The first-order chi connectivity index (χ1) is 15.2. The Kier molecular flexibility index (Phi) is 7.48. The summed E-state index contributed by atoms with van der Waals surface area (Å²) in [5.41, 5.74) is 5.56. The molecule has 0 aromatic heterocycles. The predicted molar refractivity (Wildman–Crippen MR) is 129 cm³/mol. The molecule has 1 N–H and O–H groups in total. The van der Waals surface area contributed by atoms with Crippen molar-refractivity contribution < 1.29 is 13.2 Å². The van der Waals surface area contributed by atoms with Gasteiger partial charge in [0.25, 0.3) is 0 Å². The normalized spacial score (nSPS) is 11.5. The molecule has 3 rings (SSSR count). The topological polar surface area (TPSA) is 66.5 Å². The van der Waals surface area contributed by atoms with E-state index in [2.05, 4.69) is 5.32 Å². The van der Waals surface area contributed by atoms with Crippen LogP contribution in [0.15, 0.2) is 71.6 Å². The second kappa shape index (κ2) is 10.1. The largest absolute Gasteiger partial charge is 0.324 e. The van der Waals surface area contributed by atoms with Gasteiger partial charge in [-0.15, -0.1) is 0 Å². The first kappa shape index (κ1) is 23.7. The van der Waals surface area contributed by atoms with Gasteiger partial charge in [-0.1, -0.05) is 72.6 Å². The Labute approximate surface area is 191 Å². The van der Waals surface area contributed by atoms with Crippen LogP contribution in [0.1, 0.15) is 34.7 Å². The van der Waals surface area contributed by atoms with Gasteiger partial charge in [0, 0.05) is 12.2 Å². The van der Waals surface area contributed by atoms with Crippen LogP contribution in [-0.4, -0.2) is 25.2 Å². The number of rotatable bonds is 8. The smallest absolute Gasteiger partial charge is 0.243 e. The molecule has 0 aliphatic heterocycles. The van der Waals surface area contributed by atoms with Gasteiger partial charge >= 0.3 is 0 Å². The average Bonchev–Trinajstić information content (AvgIpc) is 2.75. The fourth-order valence-electron chi connectivity index (χ4n) is 3.64. The van der Waals surface area contributed by atoms with Gasteiger partial charge in [0.1, 0.15) is 0 Å². The van der Waals surface area contributed by atoms with Gasteiger partial charge in [-0.2, -0.15) is 4.31 Å². The summed E-state index contributed by atoms with van der Waals surface area (Å²) < 4.78 is 28.2. The molecule has 0 saturated carbocycles. The Morgan fingerprint density at radius 1 is 0.906 bits per heavy atom. The van der Waals surface area contributed by atoms with E-state index in [4.69, 9.17) is 0 Å². The fourth-order valence-corrected chi connectivity index (χ4v) is 5.02. The first-order valence-electron chi connectivity index (χ1n) is 10.7. The van der Waals surface area contributed by atoms with Crippen LogP contribution in [0.25, 0.3) is 0 Å². The molecule has 0 spiro atoms. The number of benzene rings is 3. The molecular formula is C26H30N2O3S. The van der Waals surface area contributed by atoms with E-state index in [9.17, 15) is 13.2 Å². The fraction of sp³-hybridized carbons (Fsp3) is 0.269. The van der Waals surface area contributed by atoms with Crippen LogP contribution < -0.4 is 5.32 Å². The number of sulfonamides is 1. The maximum atomic E-state index is 13.5. The Hall–Kier alpha value is -2.96. The van der Waals surface area contributed by atoms with Crippen LogP contribution in [-0.2, 0) is 27.8 Å². The molecule has 0 bridgehead atoms. The number of para-hydroxylation sites is 1. The summed E-state index contributed by atoms with van der Waals surface area (Å²) >= 11 is 0. The molecular weight excluding hydrogens is 420 g/mol. The minimum atomic E-state index is -3.87. The Morgan fingerprint density at radius 3 is 2.25 bits per heavy atom. The third kappa shape index (κ3) is 5.64. The van der Waals surface area contributed by atoms with Gasteiger partial charge in [-0.05, 0) is 56.0 Å². The van der Waals surface area contributed by atoms with Crippen molar-refractivity contribution in [2.45, 2.75) is 45.6 Å². The summed E-state index contributed by atoms with van der Waals surface area (Å²) in [5, 5.41) is 2.95. The monoisotopic (exact) mass is 450 g/mol. The lowest BCUT2D eigenvalue weighted by atomic mass is 10.1. The predicted octanol–water partition coefficient (Wildman–Crippen LogP) is 5.00. The first-order valence-corrected chi connectivity index (χ1v) is 12.2. The van der Waals surface area contributed by atoms with E-state index in [0.717, 1.165) is 39.9 Å². The molecule has 3 aromatic rings. The molecule has 32 heavy (non-hydrogen) atoms. The van der Waals surface area contributed by atoms with Crippen LogP contribution in [0.3, 0.4) is 0 Å². The number of carbonyl (C=O) groups is 1. The van der Waals surface area contributed by atoms with Gasteiger partial charge in [0.2, 0.25) is 15.9 Å². The van der Waals surface area contributed by atoms with Crippen LogP contribution >= 0.6 is 0 Å². The summed E-state index contributed by atoms with van der Waals surface area (Å²) in [7, 11) is -3.87. The highest BCUT2D eigenvalue weighted by atomic mass is 32.2. The van der Waals surface area contributed by atoms with Crippen molar-refractivity contribution in [1.82, 2.24) is 4.31 Å². The van der Waals surface area contributed by atoms with Gasteiger partial charge in [-0.3, -0.25) is 4.79 Å². The number of nitrogens with zero attached hydrogens (tertiary/aromatic N) is 1. The maximum absolute atomic E-state index is 13.5. The van der Waals surface area contributed by atoms with Crippen molar-refractivity contribution in [3.63, 3.8) is 0 Å². The highest BCUT2D eigenvalue weighted by molar-refractivity contribution is 7.89.